The van der Waals surface area contributed by atoms with Gasteiger partial charge >= 0.3 is 0 Å². The van der Waals surface area contributed by atoms with E-state index in [0.717, 1.165) is 5.56 Å². The number of methoxy groups -OCH3 is 1. The van der Waals surface area contributed by atoms with Gasteiger partial charge in [-0.05, 0) is 11.6 Å². The molecular formula is C8H11N2O. The molecule has 3 heteroatoms. The van der Waals surface area contributed by atoms with Crippen molar-refractivity contribution in [3.05, 3.63) is 23.8 Å². The highest BCUT2D eigenvalue weighted by atomic mass is 16.5. The smallest absolute Gasteiger partial charge is 0.142 e. The van der Waals surface area contributed by atoms with Gasteiger partial charge in [-0.2, -0.15) is 0 Å². The summed E-state index contributed by atoms with van der Waals surface area (Å²) in [6.45, 7) is 0.197. The SMILES string of the molecule is COc1cccc(C[NH])c1N. The monoisotopic (exact) mass is 151 g/mol. The van der Waals surface area contributed by atoms with Crippen molar-refractivity contribution in [3.8, 4) is 5.75 Å². The lowest BCUT2D eigenvalue weighted by Crippen LogP contribution is -1.97. The molecule has 0 spiro atoms. The Hall–Kier alpha value is -1.22. The first-order valence-electron chi connectivity index (χ1n) is 3.35. The van der Waals surface area contributed by atoms with Gasteiger partial charge in [-0.1, -0.05) is 12.1 Å². The Morgan fingerprint density at radius 2 is 2.27 bits per heavy atom. The van der Waals surface area contributed by atoms with Gasteiger partial charge in [0.2, 0.25) is 0 Å². The van der Waals surface area contributed by atoms with Crippen molar-refractivity contribution < 1.29 is 4.74 Å². The quantitative estimate of drug-likeness (QED) is 0.642. The molecule has 0 atom stereocenters. The molecule has 0 heterocycles. The summed E-state index contributed by atoms with van der Waals surface area (Å²) in [7, 11) is 1.57. The second-order valence-corrected chi connectivity index (χ2v) is 2.21. The molecule has 0 saturated heterocycles. The molecule has 1 rings (SSSR count). The molecule has 3 N–H and O–H groups in total. The Balaban J connectivity index is 3.10. The number of nitrogens with one attached hydrogen (secondary N) is 1. The van der Waals surface area contributed by atoms with Gasteiger partial charge in [-0.15, -0.1) is 0 Å². The second-order valence-electron chi connectivity index (χ2n) is 2.21. The second kappa shape index (κ2) is 3.25. The zero-order chi connectivity index (χ0) is 8.27. The Bertz CT molecular complexity index is 226. The summed E-state index contributed by atoms with van der Waals surface area (Å²) in [5.41, 5.74) is 14.2. The van der Waals surface area contributed by atoms with Crippen molar-refractivity contribution in [2.24, 2.45) is 0 Å². The summed E-state index contributed by atoms with van der Waals surface area (Å²) in [6.07, 6.45) is 0. The van der Waals surface area contributed by atoms with Crippen molar-refractivity contribution in [1.82, 2.24) is 5.73 Å². The summed E-state index contributed by atoms with van der Waals surface area (Å²) < 4.78 is 4.98. The highest BCUT2D eigenvalue weighted by Gasteiger charge is 2.01. The number of nitrogens with two attached hydrogens (primary N) is 1. The first-order valence-corrected chi connectivity index (χ1v) is 3.35. The highest BCUT2D eigenvalue weighted by molar-refractivity contribution is 5.58. The third-order valence-electron chi connectivity index (χ3n) is 1.57. The van der Waals surface area contributed by atoms with Gasteiger partial charge in [0.1, 0.15) is 5.75 Å². The van der Waals surface area contributed by atoms with Crippen LogP contribution in [0.25, 0.3) is 0 Å². The predicted molar refractivity (Wildman–Crippen MR) is 44.2 cm³/mol. The van der Waals surface area contributed by atoms with E-state index in [0.29, 0.717) is 11.4 Å². The summed E-state index contributed by atoms with van der Waals surface area (Å²) in [6, 6.07) is 5.44. The minimum absolute atomic E-state index is 0.197. The Morgan fingerprint density at radius 3 is 2.82 bits per heavy atom. The van der Waals surface area contributed by atoms with E-state index in [1.54, 1.807) is 13.2 Å². The number of rotatable bonds is 2. The fourth-order valence-electron chi connectivity index (χ4n) is 0.922. The van der Waals surface area contributed by atoms with Crippen molar-refractivity contribution >= 4 is 5.69 Å². The minimum atomic E-state index is 0.197. The zero-order valence-electron chi connectivity index (χ0n) is 6.42. The summed E-state index contributed by atoms with van der Waals surface area (Å²) in [5.74, 6) is 0.648. The van der Waals surface area contributed by atoms with Gasteiger partial charge in [-0.3, -0.25) is 5.73 Å². The Kier molecular flexibility index (Phi) is 2.33. The van der Waals surface area contributed by atoms with E-state index in [9.17, 15) is 0 Å². The van der Waals surface area contributed by atoms with Crippen LogP contribution in [0.4, 0.5) is 5.69 Å². The van der Waals surface area contributed by atoms with Crippen LogP contribution in [0.5, 0.6) is 5.75 Å². The molecule has 0 bridgehead atoms. The van der Waals surface area contributed by atoms with Crippen molar-refractivity contribution in [2.45, 2.75) is 6.54 Å². The average molecular weight is 151 g/mol. The molecule has 0 unspecified atom stereocenters. The maximum absolute atomic E-state index is 7.12. The van der Waals surface area contributed by atoms with Crippen LogP contribution in [0.15, 0.2) is 18.2 Å². The molecule has 0 aliphatic carbocycles. The molecule has 59 valence electrons. The number of hydrogen-bond donors (Lipinski definition) is 1. The molecule has 1 radical (unpaired) electrons. The zero-order valence-corrected chi connectivity index (χ0v) is 6.42. The molecular weight excluding hydrogens is 140 g/mol. The molecule has 11 heavy (non-hydrogen) atoms. The minimum Gasteiger partial charge on any atom is -0.495 e. The van der Waals surface area contributed by atoms with E-state index in [1.165, 1.54) is 0 Å². The Labute approximate surface area is 66.0 Å². The summed E-state index contributed by atoms with van der Waals surface area (Å²) in [5, 5.41) is 0. The number of anilines is 1. The van der Waals surface area contributed by atoms with Crippen LogP contribution in [0.1, 0.15) is 5.56 Å². The first kappa shape index (κ1) is 7.88. The van der Waals surface area contributed by atoms with Gasteiger partial charge in [0.15, 0.2) is 0 Å². The third-order valence-corrected chi connectivity index (χ3v) is 1.57. The van der Waals surface area contributed by atoms with E-state index < -0.39 is 0 Å². The van der Waals surface area contributed by atoms with Gasteiger partial charge in [0.05, 0.1) is 12.8 Å². The molecule has 0 saturated carbocycles. The standard InChI is InChI=1S/C8H11N2O/c1-11-7-4-2-3-6(5-9)8(7)10/h2-4,9H,5,10H2,1H3. The van der Waals surface area contributed by atoms with E-state index in [4.69, 9.17) is 16.2 Å². The van der Waals surface area contributed by atoms with E-state index >= 15 is 0 Å². The predicted octanol–water partition coefficient (Wildman–Crippen LogP) is 1.06. The molecule has 0 aliphatic rings. The van der Waals surface area contributed by atoms with Crippen molar-refractivity contribution in [1.29, 1.82) is 0 Å². The maximum atomic E-state index is 7.12. The first-order chi connectivity index (χ1) is 5.29. The number of para-hydroxylation sites is 1. The normalized spacial score (nSPS) is 9.64. The largest absolute Gasteiger partial charge is 0.495 e. The van der Waals surface area contributed by atoms with Gasteiger partial charge in [0.25, 0.3) is 0 Å². The molecule has 1 aromatic rings. The third kappa shape index (κ3) is 1.43. The van der Waals surface area contributed by atoms with Crippen molar-refractivity contribution in [3.63, 3.8) is 0 Å². The van der Waals surface area contributed by atoms with Gasteiger partial charge in [-0.25, -0.2) is 0 Å². The molecule has 0 aromatic heterocycles. The van der Waals surface area contributed by atoms with Crippen LogP contribution in [0.2, 0.25) is 0 Å². The fourth-order valence-corrected chi connectivity index (χ4v) is 0.922. The lowest BCUT2D eigenvalue weighted by Gasteiger charge is -2.06. The van der Waals surface area contributed by atoms with Crippen LogP contribution < -0.4 is 16.2 Å². The average Bonchev–Trinajstić information content (AvgIpc) is 2.05. The fraction of sp³-hybridized carbons (Fsp3) is 0.250. The van der Waals surface area contributed by atoms with Gasteiger partial charge in [0, 0.05) is 6.54 Å². The topological polar surface area (TPSA) is 59.0 Å². The van der Waals surface area contributed by atoms with Crippen LogP contribution in [0, 0.1) is 0 Å². The van der Waals surface area contributed by atoms with E-state index in [1.807, 2.05) is 12.1 Å². The van der Waals surface area contributed by atoms with Gasteiger partial charge < -0.3 is 10.5 Å². The molecule has 1 aromatic carbocycles. The molecule has 3 nitrogen and oxygen atoms in total. The van der Waals surface area contributed by atoms with Crippen LogP contribution >= 0.6 is 0 Å². The van der Waals surface area contributed by atoms with E-state index in [2.05, 4.69) is 0 Å². The molecule has 0 amide bonds. The summed E-state index contributed by atoms with van der Waals surface area (Å²) in [4.78, 5) is 0. The van der Waals surface area contributed by atoms with E-state index in [-0.39, 0.29) is 6.54 Å². The molecule has 0 fully saturated rings. The number of nitrogen functional groups attached to an aromatic ring is 1. The van der Waals surface area contributed by atoms with Crippen molar-refractivity contribution in [2.75, 3.05) is 12.8 Å². The molecule has 0 aliphatic heterocycles. The lowest BCUT2D eigenvalue weighted by molar-refractivity contribution is 0.416. The number of benzene rings is 1. The number of hydrogen-bond acceptors (Lipinski definition) is 2. The lowest BCUT2D eigenvalue weighted by atomic mass is 10.1. The van der Waals surface area contributed by atoms with Crippen LogP contribution in [0.3, 0.4) is 0 Å². The Morgan fingerprint density at radius 1 is 1.55 bits per heavy atom. The number of ether oxygens (including phenoxy) is 1. The summed E-state index contributed by atoms with van der Waals surface area (Å²) >= 11 is 0. The van der Waals surface area contributed by atoms with Crippen LogP contribution in [-0.2, 0) is 6.54 Å². The highest BCUT2D eigenvalue weighted by Crippen LogP contribution is 2.23. The maximum Gasteiger partial charge on any atom is 0.142 e. The van der Waals surface area contributed by atoms with Crippen LogP contribution in [-0.4, -0.2) is 7.11 Å².